The molecular weight excluding hydrogens is 537 g/mol. The van der Waals surface area contributed by atoms with Gasteiger partial charge in [-0.05, 0) is 36.2 Å². The van der Waals surface area contributed by atoms with Crippen LogP contribution < -0.4 is 20.5 Å². The lowest BCUT2D eigenvalue weighted by Gasteiger charge is -2.25. The number of aliphatic imine (C=N–C) groups is 1. The Kier molecular flexibility index (Phi) is 8.38. The Labute approximate surface area is 190 Å². The number of nitrogens with one attached hydrogen (secondary N) is 1. The van der Waals surface area contributed by atoms with Crippen molar-refractivity contribution >= 4 is 51.6 Å². The zero-order chi connectivity index (χ0) is 19.3. The first-order valence-electron chi connectivity index (χ1n) is 8.95. The standard InChI is InChI=1S/C20H24BrN3O3.HI/c1-2-20(25,14-4-6-15(21)7-5-14)13-23-19(22)24-16-8-9-17-18(12-16)27-11-3-10-26-17;/h4-9,12,25H,2-3,10-11,13H2,1H3,(H3,22,23,24);1H. The summed E-state index contributed by atoms with van der Waals surface area (Å²) in [6, 6.07) is 13.1. The number of rotatable bonds is 5. The van der Waals surface area contributed by atoms with E-state index in [4.69, 9.17) is 15.2 Å². The summed E-state index contributed by atoms with van der Waals surface area (Å²) in [6.07, 6.45) is 1.38. The van der Waals surface area contributed by atoms with Gasteiger partial charge >= 0.3 is 0 Å². The molecule has 4 N–H and O–H groups in total. The first kappa shape index (κ1) is 22.8. The lowest BCUT2D eigenvalue weighted by Crippen LogP contribution is -2.31. The molecule has 1 aliphatic heterocycles. The minimum atomic E-state index is -1.07. The van der Waals surface area contributed by atoms with Crippen LogP contribution in [0.5, 0.6) is 11.5 Å². The van der Waals surface area contributed by atoms with Gasteiger partial charge in [0, 0.05) is 22.6 Å². The van der Waals surface area contributed by atoms with Gasteiger partial charge in [0.05, 0.1) is 19.8 Å². The predicted octanol–water partition coefficient (Wildman–Crippen LogP) is 4.25. The molecule has 3 rings (SSSR count). The maximum absolute atomic E-state index is 10.9. The molecule has 0 bridgehead atoms. The quantitative estimate of drug-likeness (QED) is 0.288. The summed E-state index contributed by atoms with van der Waals surface area (Å²) in [6.45, 7) is 3.35. The van der Waals surface area contributed by atoms with E-state index in [-0.39, 0.29) is 36.5 Å². The summed E-state index contributed by atoms with van der Waals surface area (Å²) in [5.74, 6) is 1.64. The number of hydrogen-bond donors (Lipinski definition) is 3. The zero-order valence-corrected chi connectivity index (χ0v) is 19.6. The van der Waals surface area contributed by atoms with E-state index in [9.17, 15) is 5.11 Å². The van der Waals surface area contributed by atoms with Crippen LogP contribution in [0.1, 0.15) is 25.3 Å². The van der Waals surface area contributed by atoms with Crippen LogP contribution in [0.3, 0.4) is 0 Å². The summed E-state index contributed by atoms with van der Waals surface area (Å²) in [5.41, 5.74) is 6.51. The molecule has 0 aliphatic carbocycles. The highest BCUT2D eigenvalue weighted by molar-refractivity contribution is 14.0. The molecule has 2 aromatic rings. The Balaban J connectivity index is 0.00000280. The van der Waals surface area contributed by atoms with Gasteiger partial charge in [0.2, 0.25) is 0 Å². The van der Waals surface area contributed by atoms with Crippen molar-refractivity contribution in [1.82, 2.24) is 0 Å². The summed E-state index contributed by atoms with van der Waals surface area (Å²) < 4.78 is 12.3. The van der Waals surface area contributed by atoms with E-state index < -0.39 is 5.60 Å². The lowest BCUT2D eigenvalue weighted by atomic mass is 9.91. The first-order chi connectivity index (χ1) is 13.0. The second-order valence-corrected chi connectivity index (χ2v) is 7.35. The number of nitrogens with zero attached hydrogens (tertiary/aromatic N) is 1. The topological polar surface area (TPSA) is 89.1 Å². The van der Waals surface area contributed by atoms with Gasteiger partial charge in [-0.2, -0.15) is 0 Å². The fourth-order valence-corrected chi connectivity index (χ4v) is 3.08. The Hall–Kier alpha value is -1.52. The van der Waals surface area contributed by atoms with Crippen LogP contribution in [0.4, 0.5) is 5.69 Å². The van der Waals surface area contributed by atoms with Crippen molar-refractivity contribution < 1.29 is 14.6 Å². The molecule has 0 saturated heterocycles. The first-order valence-corrected chi connectivity index (χ1v) is 9.74. The molecular formula is C20H25BrIN3O3. The average Bonchev–Trinajstić information content (AvgIpc) is 2.91. The molecule has 2 aromatic carbocycles. The van der Waals surface area contributed by atoms with E-state index in [1.165, 1.54) is 0 Å². The molecule has 28 heavy (non-hydrogen) atoms. The molecule has 0 radical (unpaired) electrons. The van der Waals surface area contributed by atoms with Gasteiger partial charge in [-0.1, -0.05) is 35.0 Å². The third-order valence-electron chi connectivity index (χ3n) is 4.50. The van der Waals surface area contributed by atoms with Crippen LogP contribution in [-0.2, 0) is 5.60 Å². The Morgan fingerprint density at radius 2 is 1.86 bits per heavy atom. The van der Waals surface area contributed by atoms with Gasteiger partial charge in [-0.15, -0.1) is 24.0 Å². The molecule has 1 heterocycles. The fourth-order valence-electron chi connectivity index (χ4n) is 2.81. The number of nitrogens with two attached hydrogens (primary N) is 1. The number of fused-ring (bicyclic) bond motifs is 1. The molecule has 0 saturated carbocycles. The second-order valence-electron chi connectivity index (χ2n) is 6.43. The van der Waals surface area contributed by atoms with Crippen molar-refractivity contribution in [2.24, 2.45) is 10.7 Å². The van der Waals surface area contributed by atoms with E-state index >= 15 is 0 Å². The van der Waals surface area contributed by atoms with Crippen LogP contribution in [-0.4, -0.2) is 30.8 Å². The summed E-state index contributed by atoms with van der Waals surface area (Å²) in [7, 11) is 0. The SMILES string of the molecule is CCC(O)(CN=C(N)Nc1ccc2c(c1)OCCCO2)c1ccc(Br)cc1.I. The van der Waals surface area contributed by atoms with E-state index in [0.29, 0.717) is 25.4 Å². The maximum Gasteiger partial charge on any atom is 0.193 e. The maximum atomic E-state index is 10.9. The average molecular weight is 562 g/mol. The number of ether oxygens (including phenoxy) is 2. The highest BCUT2D eigenvalue weighted by atomic mass is 127. The third kappa shape index (κ3) is 5.74. The number of hydrogen-bond acceptors (Lipinski definition) is 4. The van der Waals surface area contributed by atoms with Crippen LogP contribution in [0.25, 0.3) is 0 Å². The van der Waals surface area contributed by atoms with Gasteiger partial charge in [-0.25, -0.2) is 4.99 Å². The third-order valence-corrected chi connectivity index (χ3v) is 5.03. The summed E-state index contributed by atoms with van der Waals surface area (Å²) in [4.78, 5) is 4.34. The predicted molar refractivity (Wildman–Crippen MR) is 126 cm³/mol. The van der Waals surface area contributed by atoms with E-state index in [0.717, 1.165) is 27.9 Å². The van der Waals surface area contributed by atoms with Crippen LogP contribution >= 0.6 is 39.9 Å². The van der Waals surface area contributed by atoms with Crippen molar-refractivity contribution in [3.63, 3.8) is 0 Å². The molecule has 0 spiro atoms. The minimum absolute atomic E-state index is 0. The van der Waals surface area contributed by atoms with Gasteiger partial charge in [0.15, 0.2) is 17.5 Å². The molecule has 8 heteroatoms. The number of guanidine groups is 1. The van der Waals surface area contributed by atoms with Crippen LogP contribution in [0.2, 0.25) is 0 Å². The highest BCUT2D eigenvalue weighted by Crippen LogP contribution is 2.32. The lowest BCUT2D eigenvalue weighted by molar-refractivity contribution is 0.0424. The Morgan fingerprint density at radius 1 is 1.18 bits per heavy atom. The van der Waals surface area contributed by atoms with Gasteiger partial charge in [0.25, 0.3) is 0 Å². The van der Waals surface area contributed by atoms with Gasteiger partial charge < -0.3 is 25.6 Å². The van der Waals surface area contributed by atoms with Gasteiger partial charge in [0.1, 0.15) is 5.60 Å². The van der Waals surface area contributed by atoms with Gasteiger partial charge in [-0.3, -0.25) is 0 Å². The molecule has 1 unspecified atom stereocenters. The molecule has 0 aromatic heterocycles. The molecule has 0 fully saturated rings. The molecule has 1 aliphatic rings. The molecule has 152 valence electrons. The van der Waals surface area contributed by atoms with Crippen molar-refractivity contribution in [3.8, 4) is 11.5 Å². The van der Waals surface area contributed by atoms with Crippen molar-refractivity contribution in [1.29, 1.82) is 0 Å². The van der Waals surface area contributed by atoms with Crippen molar-refractivity contribution in [2.45, 2.75) is 25.4 Å². The number of aliphatic hydroxyl groups is 1. The van der Waals surface area contributed by atoms with Crippen LogP contribution in [0, 0.1) is 0 Å². The second kappa shape index (κ2) is 10.3. The minimum Gasteiger partial charge on any atom is -0.490 e. The van der Waals surface area contributed by atoms with Crippen LogP contribution in [0.15, 0.2) is 51.9 Å². The van der Waals surface area contributed by atoms with Crippen molar-refractivity contribution in [3.05, 3.63) is 52.5 Å². The van der Waals surface area contributed by atoms with E-state index in [1.807, 2.05) is 49.4 Å². The Morgan fingerprint density at radius 3 is 2.54 bits per heavy atom. The smallest absolute Gasteiger partial charge is 0.193 e. The van der Waals surface area contributed by atoms with Crippen molar-refractivity contribution in [2.75, 3.05) is 25.1 Å². The number of halogens is 2. The molecule has 1 atom stereocenters. The van der Waals surface area contributed by atoms with E-state index in [1.54, 1.807) is 0 Å². The Bertz CT molecular complexity index is 817. The normalized spacial score (nSPS) is 15.8. The zero-order valence-electron chi connectivity index (χ0n) is 15.7. The number of anilines is 1. The largest absolute Gasteiger partial charge is 0.490 e. The molecule has 6 nitrogen and oxygen atoms in total. The highest BCUT2D eigenvalue weighted by Gasteiger charge is 2.27. The molecule has 0 amide bonds. The van der Waals surface area contributed by atoms with E-state index in [2.05, 4.69) is 26.2 Å². The summed E-state index contributed by atoms with van der Waals surface area (Å²) >= 11 is 3.41. The fraction of sp³-hybridized carbons (Fsp3) is 0.350. The number of benzene rings is 2. The monoisotopic (exact) mass is 561 g/mol. The summed E-state index contributed by atoms with van der Waals surface area (Å²) in [5, 5.41) is 14.0.